The lowest BCUT2D eigenvalue weighted by molar-refractivity contribution is 0.333. The van der Waals surface area contributed by atoms with Crippen LogP contribution in [0, 0.1) is 0 Å². The fourth-order valence-electron chi connectivity index (χ4n) is 2.29. The average molecular weight is 334 g/mol. The summed E-state index contributed by atoms with van der Waals surface area (Å²) in [6.07, 6.45) is 0. The highest BCUT2D eigenvalue weighted by Crippen LogP contribution is 2.32. The Morgan fingerprint density at radius 2 is 1.85 bits per heavy atom. The minimum Gasteiger partial charge on any atom is -0.494 e. The first-order chi connectivity index (χ1) is 9.76. The molecule has 0 spiro atoms. The highest BCUT2D eigenvalue weighted by Gasteiger charge is 2.17. The van der Waals surface area contributed by atoms with Crippen molar-refractivity contribution in [2.24, 2.45) is 0 Å². The van der Waals surface area contributed by atoms with Crippen LogP contribution in [0.2, 0.25) is 0 Å². The Labute approximate surface area is 129 Å². The van der Waals surface area contributed by atoms with E-state index in [-0.39, 0.29) is 6.04 Å². The smallest absolute Gasteiger partial charge is 0.124 e. The summed E-state index contributed by atoms with van der Waals surface area (Å²) < 4.78 is 6.84. The molecule has 2 rings (SSSR count). The van der Waals surface area contributed by atoms with Crippen LogP contribution in [0.15, 0.2) is 53.0 Å². The summed E-state index contributed by atoms with van der Waals surface area (Å²) in [4.78, 5) is 0. The quantitative estimate of drug-likeness (QED) is 0.837. The minimum absolute atomic E-state index is 0.139. The molecule has 0 fully saturated rings. The van der Waals surface area contributed by atoms with E-state index in [1.165, 1.54) is 5.56 Å². The largest absolute Gasteiger partial charge is 0.494 e. The molecule has 0 aliphatic rings. The van der Waals surface area contributed by atoms with E-state index in [1.54, 1.807) is 0 Å². The summed E-state index contributed by atoms with van der Waals surface area (Å²) >= 11 is 3.56. The number of ether oxygens (including phenoxy) is 1. The highest BCUT2D eigenvalue weighted by atomic mass is 79.9. The van der Waals surface area contributed by atoms with E-state index in [0.29, 0.717) is 6.61 Å². The highest BCUT2D eigenvalue weighted by molar-refractivity contribution is 9.10. The van der Waals surface area contributed by atoms with Crippen molar-refractivity contribution in [3.05, 3.63) is 64.1 Å². The van der Waals surface area contributed by atoms with Crippen LogP contribution in [-0.2, 0) is 0 Å². The molecule has 20 heavy (non-hydrogen) atoms. The van der Waals surface area contributed by atoms with Crippen molar-refractivity contribution in [1.29, 1.82) is 0 Å². The van der Waals surface area contributed by atoms with Crippen molar-refractivity contribution in [2.75, 3.05) is 13.2 Å². The van der Waals surface area contributed by atoms with Crippen LogP contribution in [0.3, 0.4) is 0 Å². The first-order valence-electron chi connectivity index (χ1n) is 6.96. The summed E-state index contributed by atoms with van der Waals surface area (Å²) in [5.74, 6) is 0.936. The van der Waals surface area contributed by atoms with Gasteiger partial charge in [0, 0.05) is 10.0 Å². The molecule has 0 aliphatic heterocycles. The van der Waals surface area contributed by atoms with Crippen molar-refractivity contribution in [2.45, 2.75) is 19.9 Å². The van der Waals surface area contributed by atoms with Gasteiger partial charge in [-0.15, -0.1) is 0 Å². The monoisotopic (exact) mass is 333 g/mol. The molecule has 1 atom stereocenters. The predicted octanol–water partition coefficient (Wildman–Crippen LogP) is 4.55. The number of rotatable bonds is 6. The van der Waals surface area contributed by atoms with Gasteiger partial charge in [0.2, 0.25) is 0 Å². The van der Waals surface area contributed by atoms with Gasteiger partial charge in [0.1, 0.15) is 5.75 Å². The molecule has 0 saturated carbocycles. The van der Waals surface area contributed by atoms with Crippen molar-refractivity contribution in [3.63, 3.8) is 0 Å². The molecule has 0 bridgehead atoms. The first-order valence-corrected chi connectivity index (χ1v) is 7.76. The third kappa shape index (κ3) is 3.62. The van der Waals surface area contributed by atoms with Crippen LogP contribution in [0.1, 0.15) is 31.0 Å². The molecule has 0 saturated heterocycles. The summed E-state index contributed by atoms with van der Waals surface area (Å²) in [5.41, 5.74) is 2.41. The maximum absolute atomic E-state index is 5.78. The molecule has 0 heterocycles. The van der Waals surface area contributed by atoms with Crippen LogP contribution < -0.4 is 10.1 Å². The molecule has 0 amide bonds. The van der Waals surface area contributed by atoms with Gasteiger partial charge < -0.3 is 10.1 Å². The van der Waals surface area contributed by atoms with E-state index < -0.39 is 0 Å². The average Bonchev–Trinajstić information content (AvgIpc) is 2.48. The fraction of sp³-hybridized carbons (Fsp3) is 0.294. The van der Waals surface area contributed by atoms with E-state index in [9.17, 15) is 0 Å². The number of hydrogen-bond donors (Lipinski definition) is 1. The van der Waals surface area contributed by atoms with Crippen molar-refractivity contribution < 1.29 is 4.74 Å². The zero-order valence-electron chi connectivity index (χ0n) is 11.9. The van der Waals surface area contributed by atoms with Crippen LogP contribution in [0.25, 0.3) is 0 Å². The van der Waals surface area contributed by atoms with Gasteiger partial charge in [-0.2, -0.15) is 0 Å². The molecular formula is C17H20BrNO. The lowest BCUT2D eigenvalue weighted by Gasteiger charge is -2.22. The van der Waals surface area contributed by atoms with Gasteiger partial charge in [0.15, 0.2) is 0 Å². The van der Waals surface area contributed by atoms with Crippen LogP contribution in [0.4, 0.5) is 0 Å². The third-order valence-electron chi connectivity index (χ3n) is 3.12. The maximum atomic E-state index is 5.78. The lowest BCUT2D eigenvalue weighted by Crippen LogP contribution is -2.22. The topological polar surface area (TPSA) is 21.3 Å². The Kier molecular flexibility index (Phi) is 5.62. The lowest BCUT2D eigenvalue weighted by atomic mass is 9.98. The van der Waals surface area contributed by atoms with Gasteiger partial charge in [0.25, 0.3) is 0 Å². The molecular weight excluding hydrogens is 314 g/mol. The molecule has 2 nitrogen and oxygen atoms in total. The molecule has 3 heteroatoms. The maximum Gasteiger partial charge on any atom is 0.124 e. The zero-order valence-corrected chi connectivity index (χ0v) is 13.5. The van der Waals surface area contributed by atoms with Crippen LogP contribution in [0.5, 0.6) is 5.75 Å². The van der Waals surface area contributed by atoms with Crippen LogP contribution >= 0.6 is 15.9 Å². The van der Waals surface area contributed by atoms with E-state index in [0.717, 1.165) is 22.3 Å². The zero-order chi connectivity index (χ0) is 14.4. The van der Waals surface area contributed by atoms with Crippen molar-refractivity contribution in [1.82, 2.24) is 5.32 Å². The van der Waals surface area contributed by atoms with E-state index in [1.807, 2.05) is 25.1 Å². The van der Waals surface area contributed by atoms with Crippen molar-refractivity contribution >= 4 is 15.9 Å². The standard InChI is InChI=1S/C17H20BrNO/c1-3-19-17(13-8-6-5-7-9-13)15-12-14(18)10-11-16(15)20-4-2/h5-12,17,19H,3-4H2,1-2H3. The van der Waals surface area contributed by atoms with Gasteiger partial charge in [-0.1, -0.05) is 53.2 Å². The normalized spacial score (nSPS) is 12.2. The number of benzene rings is 2. The molecule has 0 aromatic heterocycles. The SMILES string of the molecule is CCNC(c1ccccc1)c1cc(Br)ccc1OCC. The summed E-state index contributed by atoms with van der Waals surface area (Å²) in [6, 6.07) is 16.8. The molecule has 106 valence electrons. The van der Waals surface area contributed by atoms with Gasteiger partial charge in [-0.3, -0.25) is 0 Å². The van der Waals surface area contributed by atoms with E-state index in [2.05, 4.69) is 58.5 Å². The summed E-state index contributed by atoms with van der Waals surface area (Å²) in [5, 5.41) is 3.54. The van der Waals surface area contributed by atoms with Gasteiger partial charge in [-0.25, -0.2) is 0 Å². The second kappa shape index (κ2) is 7.46. The molecule has 1 unspecified atom stereocenters. The summed E-state index contributed by atoms with van der Waals surface area (Å²) in [7, 11) is 0. The van der Waals surface area contributed by atoms with Crippen LogP contribution in [-0.4, -0.2) is 13.2 Å². The van der Waals surface area contributed by atoms with Gasteiger partial charge >= 0.3 is 0 Å². The molecule has 2 aromatic rings. The fourth-order valence-corrected chi connectivity index (χ4v) is 2.67. The van der Waals surface area contributed by atoms with Gasteiger partial charge in [-0.05, 0) is 37.2 Å². The Morgan fingerprint density at radius 1 is 1.10 bits per heavy atom. The Bertz CT molecular complexity index is 542. The third-order valence-corrected chi connectivity index (χ3v) is 3.62. The van der Waals surface area contributed by atoms with E-state index in [4.69, 9.17) is 4.74 Å². The molecule has 1 N–H and O–H groups in total. The number of halogens is 1. The molecule has 0 radical (unpaired) electrons. The Balaban J connectivity index is 2.45. The minimum atomic E-state index is 0.139. The first kappa shape index (κ1) is 15.1. The molecule has 2 aromatic carbocycles. The number of nitrogens with one attached hydrogen (secondary N) is 1. The Morgan fingerprint density at radius 3 is 2.50 bits per heavy atom. The Hall–Kier alpha value is -1.32. The predicted molar refractivity (Wildman–Crippen MR) is 87.3 cm³/mol. The molecule has 0 aliphatic carbocycles. The second-order valence-electron chi connectivity index (χ2n) is 4.52. The second-order valence-corrected chi connectivity index (χ2v) is 5.43. The van der Waals surface area contributed by atoms with E-state index >= 15 is 0 Å². The number of hydrogen-bond acceptors (Lipinski definition) is 2. The van der Waals surface area contributed by atoms with Crippen molar-refractivity contribution in [3.8, 4) is 5.75 Å². The summed E-state index contributed by atoms with van der Waals surface area (Å²) in [6.45, 7) is 5.70. The van der Waals surface area contributed by atoms with Gasteiger partial charge in [0.05, 0.1) is 12.6 Å².